The second-order valence-electron chi connectivity index (χ2n) is 8.65. The quantitative estimate of drug-likeness (QED) is 0.337. The Bertz CT molecular complexity index is 987. The van der Waals surface area contributed by atoms with Gasteiger partial charge in [-0.3, -0.25) is 4.57 Å². The van der Waals surface area contributed by atoms with Gasteiger partial charge in [0.1, 0.15) is 31.2 Å². The van der Waals surface area contributed by atoms with E-state index in [1.54, 1.807) is 4.57 Å². The number of nitrogens with zero attached hydrogens (tertiary/aromatic N) is 4. The number of rotatable bonds is 6. The SMILES string of the molecule is O[C@@H]1[C@H](O)[C@@H](COC(=S)N[C@@H]2CCC[C@H]2O)O[C@H]1n1cnc2c(N[C@@H]3CCOC3)ncnc21. The summed E-state index contributed by atoms with van der Waals surface area (Å²) in [6, 6.07) is 0.00794. The van der Waals surface area contributed by atoms with Crippen LogP contribution in [0, 0.1) is 0 Å². The Kier molecular flexibility index (Phi) is 6.58. The van der Waals surface area contributed by atoms with Crippen LogP contribution in [0.3, 0.4) is 0 Å². The first-order chi connectivity index (χ1) is 16.0. The van der Waals surface area contributed by atoms with Crippen molar-refractivity contribution >= 4 is 34.4 Å². The van der Waals surface area contributed by atoms with Gasteiger partial charge in [0, 0.05) is 6.61 Å². The molecule has 1 saturated carbocycles. The Balaban J connectivity index is 1.24. The Morgan fingerprint density at radius 1 is 1.18 bits per heavy atom. The lowest BCUT2D eigenvalue weighted by molar-refractivity contribution is -0.0493. The fraction of sp³-hybridized carbons (Fsp3) is 0.700. The van der Waals surface area contributed by atoms with Crippen LogP contribution in [0.15, 0.2) is 12.7 Å². The number of imidazole rings is 1. The van der Waals surface area contributed by atoms with E-state index >= 15 is 0 Å². The molecule has 12 nitrogen and oxygen atoms in total. The molecule has 2 aromatic rings. The fourth-order valence-electron chi connectivity index (χ4n) is 4.54. The molecule has 0 amide bonds. The smallest absolute Gasteiger partial charge is 0.257 e. The van der Waals surface area contributed by atoms with Gasteiger partial charge in [0.25, 0.3) is 5.17 Å². The van der Waals surface area contributed by atoms with Crippen molar-refractivity contribution in [3.8, 4) is 0 Å². The van der Waals surface area contributed by atoms with Crippen molar-refractivity contribution in [1.29, 1.82) is 0 Å². The largest absolute Gasteiger partial charge is 0.468 e. The summed E-state index contributed by atoms with van der Waals surface area (Å²) in [5.41, 5.74) is 1.01. The van der Waals surface area contributed by atoms with E-state index in [4.69, 9.17) is 26.4 Å². The third-order valence-corrected chi connectivity index (χ3v) is 6.64. The Morgan fingerprint density at radius 2 is 2.06 bits per heavy atom. The fourth-order valence-corrected chi connectivity index (χ4v) is 4.76. The second kappa shape index (κ2) is 9.60. The molecule has 5 N–H and O–H groups in total. The van der Waals surface area contributed by atoms with Crippen LogP contribution in [0.2, 0.25) is 0 Å². The summed E-state index contributed by atoms with van der Waals surface area (Å²) in [6.07, 6.45) is 1.68. The minimum Gasteiger partial charge on any atom is -0.468 e. The number of anilines is 1. The molecule has 2 saturated heterocycles. The van der Waals surface area contributed by atoms with Crippen LogP contribution in [0.4, 0.5) is 5.82 Å². The normalized spacial score (nSPS) is 34.1. The summed E-state index contributed by atoms with van der Waals surface area (Å²) >= 11 is 5.20. The minimum absolute atomic E-state index is 0.0561. The average Bonchev–Trinajstić information content (AvgIpc) is 3.59. The molecule has 180 valence electrons. The first kappa shape index (κ1) is 22.6. The van der Waals surface area contributed by atoms with E-state index in [-0.39, 0.29) is 23.9 Å². The molecule has 3 fully saturated rings. The predicted octanol–water partition coefficient (Wildman–Crippen LogP) is -0.549. The van der Waals surface area contributed by atoms with Gasteiger partial charge in [-0.2, -0.15) is 0 Å². The summed E-state index contributed by atoms with van der Waals surface area (Å²) < 4.78 is 18.4. The van der Waals surface area contributed by atoms with Crippen LogP contribution in [0.25, 0.3) is 11.2 Å². The Hall–Kier alpha value is -2.16. The molecule has 3 aliphatic rings. The molecule has 2 aliphatic heterocycles. The average molecular weight is 481 g/mol. The highest BCUT2D eigenvalue weighted by Gasteiger charge is 2.45. The maximum atomic E-state index is 10.7. The van der Waals surface area contributed by atoms with E-state index in [9.17, 15) is 15.3 Å². The predicted molar refractivity (Wildman–Crippen MR) is 119 cm³/mol. The molecule has 0 bridgehead atoms. The second-order valence-corrected chi connectivity index (χ2v) is 9.02. The minimum atomic E-state index is -1.22. The van der Waals surface area contributed by atoms with E-state index < -0.39 is 30.6 Å². The van der Waals surface area contributed by atoms with Gasteiger partial charge in [0.15, 0.2) is 23.2 Å². The lowest BCUT2D eigenvalue weighted by Crippen LogP contribution is -2.42. The topological polar surface area (TPSA) is 156 Å². The van der Waals surface area contributed by atoms with Crippen molar-refractivity contribution < 1.29 is 29.5 Å². The van der Waals surface area contributed by atoms with Gasteiger partial charge < -0.3 is 40.2 Å². The Morgan fingerprint density at radius 3 is 2.82 bits per heavy atom. The van der Waals surface area contributed by atoms with Crippen LogP contribution >= 0.6 is 12.2 Å². The maximum absolute atomic E-state index is 10.7. The number of fused-ring (bicyclic) bond motifs is 1. The molecule has 2 aromatic heterocycles. The number of nitrogens with one attached hydrogen (secondary N) is 2. The summed E-state index contributed by atoms with van der Waals surface area (Å²) in [7, 11) is 0. The number of hydrogen-bond donors (Lipinski definition) is 5. The summed E-state index contributed by atoms with van der Waals surface area (Å²) in [4.78, 5) is 13.0. The maximum Gasteiger partial charge on any atom is 0.257 e. The van der Waals surface area contributed by atoms with E-state index in [0.29, 0.717) is 30.2 Å². The monoisotopic (exact) mass is 480 g/mol. The molecule has 13 heteroatoms. The molecule has 0 aromatic carbocycles. The third-order valence-electron chi connectivity index (χ3n) is 6.40. The summed E-state index contributed by atoms with van der Waals surface area (Å²) in [5, 5.41) is 37.5. The number of thiocarbonyl (C=S) groups is 1. The molecular weight excluding hydrogens is 452 g/mol. The van der Waals surface area contributed by atoms with Gasteiger partial charge in [0.2, 0.25) is 0 Å². The van der Waals surface area contributed by atoms with Gasteiger partial charge in [0.05, 0.1) is 31.1 Å². The van der Waals surface area contributed by atoms with E-state index in [1.807, 2.05) is 0 Å². The number of aliphatic hydroxyl groups is 3. The number of hydrogen-bond acceptors (Lipinski definition) is 11. The number of aromatic nitrogens is 4. The van der Waals surface area contributed by atoms with Crippen molar-refractivity contribution in [3.05, 3.63) is 12.7 Å². The first-order valence-corrected chi connectivity index (χ1v) is 11.6. The van der Waals surface area contributed by atoms with Gasteiger partial charge in [-0.1, -0.05) is 0 Å². The van der Waals surface area contributed by atoms with Crippen LogP contribution in [0.1, 0.15) is 31.9 Å². The molecule has 1 aliphatic carbocycles. The lowest BCUT2D eigenvalue weighted by atomic mass is 10.1. The summed E-state index contributed by atoms with van der Waals surface area (Å²) in [5.74, 6) is 0.577. The van der Waals surface area contributed by atoms with Gasteiger partial charge in [-0.15, -0.1) is 0 Å². The van der Waals surface area contributed by atoms with Gasteiger partial charge in [-0.05, 0) is 37.9 Å². The highest BCUT2D eigenvalue weighted by atomic mass is 32.1. The van der Waals surface area contributed by atoms with Crippen molar-refractivity contribution in [2.45, 2.75) is 68.4 Å². The molecule has 0 spiro atoms. The molecule has 4 heterocycles. The molecule has 0 unspecified atom stereocenters. The summed E-state index contributed by atoms with van der Waals surface area (Å²) in [6.45, 7) is 1.24. The van der Waals surface area contributed by atoms with Gasteiger partial charge in [-0.25, -0.2) is 15.0 Å². The van der Waals surface area contributed by atoms with Crippen molar-refractivity contribution in [2.24, 2.45) is 0 Å². The standard InChI is InChI=1S/C20H28N6O6S/c27-12-3-1-2-11(12)25-20(33)31-7-13-15(28)16(29)19(32-13)26-9-23-14-17(21-8-22-18(14)26)24-10-4-5-30-6-10/h8-13,15-16,19,27-29H,1-7H2,(H,25,33)(H,21,22,24)/t10-,11-,12-,13-,15-,16-,19-/m1/s1. The van der Waals surface area contributed by atoms with Crippen LogP contribution < -0.4 is 10.6 Å². The third kappa shape index (κ3) is 4.61. The Labute approximate surface area is 195 Å². The van der Waals surface area contributed by atoms with E-state index in [1.165, 1.54) is 12.7 Å². The zero-order valence-corrected chi connectivity index (χ0v) is 18.7. The van der Waals surface area contributed by atoms with Crippen molar-refractivity contribution in [3.63, 3.8) is 0 Å². The molecule has 0 radical (unpaired) electrons. The number of aliphatic hydroxyl groups excluding tert-OH is 3. The zero-order valence-electron chi connectivity index (χ0n) is 17.9. The van der Waals surface area contributed by atoms with E-state index in [0.717, 1.165) is 25.7 Å². The highest BCUT2D eigenvalue weighted by molar-refractivity contribution is 7.80. The van der Waals surface area contributed by atoms with Crippen LogP contribution in [-0.4, -0.2) is 96.3 Å². The first-order valence-electron chi connectivity index (χ1n) is 11.2. The number of ether oxygens (including phenoxy) is 3. The van der Waals surface area contributed by atoms with Crippen molar-refractivity contribution in [2.75, 3.05) is 25.1 Å². The highest BCUT2D eigenvalue weighted by Crippen LogP contribution is 2.32. The van der Waals surface area contributed by atoms with E-state index in [2.05, 4.69) is 25.6 Å². The van der Waals surface area contributed by atoms with Crippen molar-refractivity contribution in [1.82, 2.24) is 24.8 Å². The molecule has 5 rings (SSSR count). The molecule has 7 atom stereocenters. The van der Waals surface area contributed by atoms with Crippen LogP contribution in [-0.2, 0) is 14.2 Å². The molecule has 33 heavy (non-hydrogen) atoms. The van der Waals surface area contributed by atoms with Crippen LogP contribution in [0.5, 0.6) is 0 Å². The van der Waals surface area contributed by atoms with Gasteiger partial charge >= 0.3 is 0 Å². The lowest BCUT2D eigenvalue weighted by Gasteiger charge is -2.20. The molecular formula is C20H28N6O6S. The zero-order chi connectivity index (χ0) is 22.9.